The van der Waals surface area contributed by atoms with E-state index in [2.05, 4.69) is 0 Å². The van der Waals surface area contributed by atoms with Gasteiger partial charge >= 0.3 is 5.97 Å². The summed E-state index contributed by atoms with van der Waals surface area (Å²) in [4.78, 5) is 11.9. The SMILES string of the molecule is CCOC(=O)c1csc(N)c1C1CCCCC1. The van der Waals surface area contributed by atoms with E-state index in [1.807, 2.05) is 12.3 Å². The van der Waals surface area contributed by atoms with Crippen LogP contribution in [0.4, 0.5) is 5.00 Å². The molecule has 1 aromatic rings. The largest absolute Gasteiger partial charge is 0.462 e. The summed E-state index contributed by atoms with van der Waals surface area (Å²) in [5, 5.41) is 2.64. The fourth-order valence-corrected chi connectivity index (χ4v) is 3.43. The molecule has 0 saturated heterocycles. The van der Waals surface area contributed by atoms with Crippen molar-refractivity contribution >= 4 is 22.3 Å². The Balaban J connectivity index is 2.25. The molecule has 1 aliphatic rings. The first-order valence-corrected chi connectivity index (χ1v) is 7.16. The highest BCUT2D eigenvalue weighted by Gasteiger charge is 2.25. The minimum absolute atomic E-state index is 0.221. The van der Waals surface area contributed by atoms with Gasteiger partial charge in [0.25, 0.3) is 0 Å². The van der Waals surface area contributed by atoms with Gasteiger partial charge < -0.3 is 10.5 Å². The molecule has 0 atom stereocenters. The normalized spacial score (nSPS) is 17.0. The topological polar surface area (TPSA) is 52.3 Å². The van der Waals surface area contributed by atoms with Crippen molar-refractivity contribution in [2.24, 2.45) is 0 Å². The van der Waals surface area contributed by atoms with E-state index < -0.39 is 0 Å². The highest BCUT2D eigenvalue weighted by molar-refractivity contribution is 7.14. The molecular formula is C13H19NO2S. The Labute approximate surface area is 106 Å². The van der Waals surface area contributed by atoms with Crippen LogP contribution in [0.5, 0.6) is 0 Å². The van der Waals surface area contributed by atoms with E-state index in [0.29, 0.717) is 18.1 Å². The zero-order valence-electron chi connectivity index (χ0n) is 10.2. The number of thiophene rings is 1. The molecule has 0 radical (unpaired) electrons. The number of ether oxygens (including phenoxy) is 1. The third-order valence-electron chi connectivity index (χ3n) is 3.37. The smallest absolute Gasteiger partial charge is 0.339 e. The van der Waals surface area contributed by atoms with E-state index >= 15 is 0 Å². The van der Waals surface area contributed by atoms with Gasteiger partial charge in [0.2, 0.25) is 0 Å². The second-order valence-corrected chi connectivity index (χ2v) is 5.39. The fourth-order valence-electron chi connectivity index (χ4n) is 2.56. The molecule has 0 spiro atoms. The third-order valence-corrected chi connectivity index (χ3v) is 4.20. The predicted octanol–water partition coefficient (Wildman–Crippen LogP) is 3.55. The summed E-state index contributed by atoms with van der Waals surface area (Å²) in [6.07, 6.45) is 6.07. The maximum absolute atomic E-state index is 11.9. The predicted molar refractivity (Wildman–Crippen MR) is 70.5 cm³/mol. The zero-order valence-corrected chi connectivity index (χ0v) is 11.0. The van der Waals surface area contributed by atoms with Gasteiger partial charge in [0, 0.05) is 10.9 Å². The highest BCUT2D eigenvalue weighted by Crippen LogP contribution is 2.40. The Morgan fingerprint density at radius 3 is 2.82 bits per heavy atom. The number of rotatable bonds is 3. The summed E-state index contributed by atoms with van der Waals surface area (Å²) in [5.74, 6) is 0.232. The van der Waals surface area contributed by atoms with Crippen LogP contribution in [0.2, 0.25) is 0 Å². The van der Waals surface area contributed by atoms with Gasteiger partial charge in [-0.3, -0.25) is 0 Å². The van der Waals surface area contributed by atoms with E-state index in [9.17, 15) is 4.79 Å². The number of nitrogen functional groups attached to an aromatic ring is 1. The van der Waals surface area contributed by atoms with Gasteiger partial charge in [-0.15, -0.1) is 11.3 Å². The molecule has 2 N–H and O–H groups in total. The fraction of sp³-hybridized carbons (Fsp3) is 0.615. The average Bonchev–Trinajstić information content (AvgIpc) is 2.73. The van der Waals surface area contributed by atoms with Crippen LogP contribution in [-0.4, -0.2) is 12.6 Å². The van der Waals surface area contributed by atoms with Gasteiger partial charge in [-0.2, -0.15) is 0 Å². The quantitative estimate of drug-likeness (QED) is 0.838. The van der Waals surface area contributed by atoms with Crippen molar-refractivity contribution in [3.8, 4) is 0 Å². The third kappa shape index (κ3) is 2.63. The van der Waals surface area contributed by atoms with Gasteiger partial charge in [0.1, 0.15) is 0 Å². The van der Waals surface area contributed by atoms with E-state index in [1.165, 1.54) is 30.6 Å². The number of esters is 1. The summed E-state index contributed by atoms with van der Waals surface area (Å²) in [7, 11) is 0. The Hall–Kier alpha value is -1.03. The van der Waals surface area contributed by atoms with Crippen LogP contribution >= 0.6 is 11.3 Å². The molecule has 0 amide bonds. The molecule has 1 aromatic heterocycles. The number of carbonyl (C=O) groups is 1. The number of anilines is 1. The standard InChI is InChI=1S/C13H19NO2S/c1-2-16-13(15)10-8-17-12(14)11(10)9-6-4-3-5-7-9/h8-9H,2-7,14H2,1H3. The zero-order chi connectivity index (χ0) is 12.3. The summed E-state index contributed by atoms with van der Waals surface area (Å²) >= 11 is 1.46. The molecule has 0 unspecified atom stereocenters. The Morgan fingerprint density at radius 2 is 2.18 bits per heavy atom. The molecule has 3 nitrogen and oxygen atoms in total. The first kappa shape index (κ1) is 12.4. The lowest BCUT2D eigenvalue weighted by Gasteiger charge is -2.22. The van der Waals surface area contributed by atoms with Crippen LogP contribution in [0, 0.1) is 0 Å². The maximum Gasteiger partial charge on any atom is 0.339 e. The van der Waals surface area contributed by atoms with Crippen molar-refractivity contribution in [3.05, 3.63) is 16.5 Å². The number of nitrogens with two attached hydrogens (primary N) is 1. The summed E-state index contributed by atoms with van der Waals surface area (Å²) in [6.45, 7) is 2.24. The molecular weight excluding hydrogens is 234 g/mol. The summed E-state index contributed by atoms with van der Waals surface area (Å²) in [5.41, 5.74) is 7.76. The molecule has 2 rings (SSSR count). The van der Waals surface area contributed by atoms with Crippen molar-refractivity contribution in [3.63, 3.8) is 0 Å². The summed E-state index contributed by atoms with van der Waals surface area (Å²) < 4.78 is 5.08. The van der Waals surface area contributed by atoms with Crippen molar-refractivity contribution in [2.45, 2.75) is 44.9 Å². The lowest BCUT2D eigenvalue weighted by atomic mass is 9.83. The molecule has 0 aliphatic heterocycles. The molecule has 1 heterocycles. The monoisotopic (exact) mass is 253 g/mol. The van der Waals surface area contributed by atoms with Gasteiger partial charge in [0.05, 0.1) is 17.2 Å². The number of hydrogen-bond donors (Lipinski definition) is 1. The van der Waals surface area contributed by atoms with Crippen LogP contribution < -0.4 is 5.73 Å². The van der Waals surface area contributed by atoms with Gasteiger partial charge in [-0.25, -0.2) is 4.79 Å². The summed E-state index contributed by atoms with van der Waals surface area (Å²) in [6, 6.07) is 0. The Kier molecular flexibility index (Phi) is 4.05. The maximum atomic E-state index is 11.9. The lowest BCUT2D eigenvalue weighted by Crippen LogP contribution is -2.12. The van der Waals surface area contributed by atoms with Crippen molar-refractivity contribution in [1.82, 2.24) is 0 Å². The van der Waals surface area contributed by atoms with Crippen LogP contribution in [0.15, 0.2) is 5.38 Å². The molecule has 1 saturated carbocycles. The molecule has 0 bridgehead atoms. The number of carbonyl (C=O) groups excluding carboxylic acids is 1. The lowest BCUT2D eigenvalue weighted by molar-refractivity contribution is 0.0525. The second-order valence-electron chi connectivity index (χ2n) is 4.48. The number of hydrogen-bond acceptors (Lipinski definition) is 4. The second kappa shape index (κ2) is 5.54. The van der Waals surface area contributed by atoms with Crippen LogP contribution in [0.1, 0.15) is 60.9 Å². The van der Waals surface area contributed by atoms with E-state index in [0.717, 1.165) is 23.4 Å². The average molecular weight is 253 g/mol. The molecule has 1 fully saturated rings. The first-order chi connectivity index (χ1) is 8.24. The van der Waals surface area contributed by atoms with Crippen LogP contribution in [-0.2, 0) is 4.74 Å². The van der Waals surface area contributed by atoms with Crippen LogP contribution in [0.25, 0.3) is 0 Å². The van der Waals surface area contributed by atoms with Gasteiger partial charge in [-0.1, -0.05) is 19.3 Å². The molecule has 4 heteroatoms. The molecule has 0 aromatic carbocycles. The van der Waals surface area contributed by atoms with E-state index in [4.69, 9.17) is 10.5 Å². The minimum atomic E-state index is -0.221. The first-order valence-electron chi connectivity index (χ1n) is 6.28. The minimum Gasteiger partial charge on any atom is -0.462 e. The molecule has 94 valence electrons. The Morgan fingerprint density at radius 1 is 1.47 bits per heavy atom. The van der Waals surface area contributed by atoms with Gasteiger partial charge in [-0.05, 0) is 25.7 Å². The van der Waals surface area contributed by atoms with E-state index in [-0.39, 0.29) is 5.97 Å². The van der Waals surface area contributed by atoms with Crippen molar-refractivity contribution in [2.75, 3.05) is 12.3 Å². The van der Waals surface area contributed by atoms with Gasteiger partial charge in [0.15, 0.2) is 0 Å². The van der Waals surface area contributed by atoms with E-state index in [1.54, 1.807) is 0 Å². The van der Waals surface area contributed by atoms with Crippen molar-refractivity contribution < 1.29 is 9.53 Å². The van der Waals surface area contributed by atoms with Crippen LogP contribution in [0.3, 0.4) is 0 Å². The van der Waals surface area contributed by atoms with Crippen molar-refractivity contribution in [1.29, 1.82) is 0 Å². The Bertz CT molecular complexity index is 394. The molecule has 1 aliphatic carbocycles. The molecule has 17 heavy (non-hydrogen) atoms. The highest BCUT2D eigenvalue weighted by atomic mass is 32.1.